The first kappa shape index (κ1) is 10.8. The maximum atomic E-state index is 11.4. The number of aryl methyl sites for hydroxylation is 1. The van der Waals surface area contributed by atoms with Crippen LogP contribution in [-0.4, -0.2) is 10.9 Å². The minimum Gasteiger partial charge on any atom is -0.508 e. The fourth-order valence-electron chi connectivity index (χ4n) is 1.50. The van der Waals surface area contributed by atoms with Gasteiger partial charge in [-0.3, -0.25) is 4.79 Å². The van der Waals surface area contributed by atoms with Crippen LogP contribution in [0.25, 0.3) is 0 Å². The molecule has 0 aliphatic carbocycles. The fraction of sp³-hybridized carbons (Fsp3) is 0.417. The van der Waals surface area contributed by atoms with E-state index in [1.54, 1.807) is 26.0 Å². The van der Waals surface area contributed by atoms with Gasteiger partial charge in [0, 0.05) is 5.56 Å². The largest absolute Gasteiger partial charge is 0.508 e. The zero-order valence-electron chi connectivity index (χ0n) is 9.09. The highest BCUT2D eigenvalue weighted by Crippen LogP contribution is 2.27. The lowest BCUT2D eigenvalue weighted by Crippen LogP contribution is -2.02. The Bertz CT molecular complexity index is 365. The van der Waals surface area contributed by atoms with Gasteiger partial charge in [-0.1, -0.05) is 13.8 Å². The molecule has 0 saturated carbocycles. The van der Waals surface area contributed by atoms with E-state index in [0.717, 1.165) is 16.7 Å². The Morgan fingerprint density at radius 2 is 1.93 bits per heavy atom. The number of hydrogen-bond acceptors (Lipinski definition) is 2. The summed E-state index contributed by atoms with van der Waals surface area (Å²) in [4.78, 5) is 11.4. The van der Waals surface area contributed by atoms with Gasteiger partial charge in [0.25, 0.3) is 0 Å². The molecule has 0 amide bonds. The average molecular weight is 192 g/mol. The maximum Gasteiger partial charge on any atom is 0.160 e. The summed E-state index contributed by atoms with van der Waals surface area (Å²) in [5.41, 5.74) is 2.38. The Morgan fingerprint density at radius 3 is 2.36 bits per heavy atom. The van der Waals surface area contributed by atoms with E-state index in [4.69, 9.17) is 0 Å². The molecule has 0 heterocycles. The van der Waals surface area contributed by atoms with E-state index in [2.05, 4.69) is 0 Å². The van der Waals surface area contributed by atoms with Gasteiger partial charge in [-0.05, 0) is 43.0 Å². The first-order valence-corrected chi connectivity index (χ1v) is 4.78. The number of phenols is 1. The van der Waals surface area contributed by atoms with E-state index in [-0.39, 0.29) is 17.5 Å². The van der Waals surface area contributed by atoms with Crippen molar-refractivity contribution in [3.8, 4) is 5.75 Å². The van der Waals surface area contributed by atoms with Crippen molar-refractivity contribution in [3.05, 3.63) is 28.8 Å². The number of Topliss-reactive ketones (excluding diaryl/α,β-unsaturated/α-hetero) is 1. The van der Waals surface area contributed by atoms with Gasteiger partial charge >= 0.3 is 0 Å². The summed E-state index contributed by atoms with van der Waals surface area (Å²) in [6.07, 6.45) is 0. The van der Waals surface area contributed by atoms with E-state index in [0.29, 0.717) is 0 Å². The zero-order chi connectivity index (χ0) is 10.9. The second-order valence-corrected chi connectivity index (χ2v) is 3.94. The predicted molar refractivity (Wildman–Crippen MR) is 56.9 cm³/mol. The summed E-state index contributed by atoms with van der Waals surface area (Å²) in [6.45, 7) is 7.37. The summed E-state index contributed by atoms with van der Waals surface area (Å²) >= 11 is 0. The van der Waals surface area contributed by atoms with Gasteiger partial charge in [0.1, 0.15) is 5.75 Å². The highest BCUT2D eigenvalue weighted by atomic mass is 16.3. The standard InChI is InChI=1S/C12H16O2/c1-7(2)10-6-12(14)8(3)5-11(10)9(4)13/h5-7,14H,1-4H3. The minimum atomic E-state index is 0.0526. The highest BCUT2D eigenvalue weighted by molar-refractivity contribution is 5.96. The lowest BCUT2D eigenvalue weighted by Gasteiger charge is -2.12. The van der Waals surface area contributed by atoms with Gasteiger partial charge in [0.05, 0.1) is 0 Å². The van der Waals surface area contributed by atoms with Crippen molar-refractivity contribution in [2.75, 3.05) is 0 Å². The molecule has 1 aromatic rings. The summed E-state index contributed by atoms with van der Waals surface area (Å²) in [6, 6.07) is 3.45. The summed E-state index contributed by atoms with van der Waals surface area (Å²) in [5, 5.41) is 9.54. The van der Waals surface area contributed by atoms with Gasteiger partial charge in [-0.25, -0.2) is 0 Å². The Labute approximate surface area is 84.6 Å². The monoisotopic (exact) mass is 192 g/mol. The van der Waals surface area contributed by atoms with Crippen LogP contribution >= 0.6 is 0 Å². The molecule has 2 nitrogen and oxygen atoms in total. The second kappa shape index (κ2) is 3.82. The molecule has 1 aromatic carbocycles. The molecular weight excluding hydrogens is 176 g/mol. The van der Waals surface area contributed by atoms with Crippen molar-refractivity contribution in [2.24, 2.45) is 0 Å². The van der Waals surface area contributed by atoms with E-state index in [9.17, 15) is 9.90 Å². The normalized spacial score (nSPS) is 10.6. The molecule has 0 atom stereocenters. The van der Waals surface area contributed by atoms with Crippen LogP contribution < -0.4 is 0 Å². The van der Waals surface area contributed by atoms with Crippen LogP contribution in [0.15, 0.2) is 12.1 Å². The van der Waals surface area contributed by atoms with Crippen molar-refractivity contribution >= 4 is 5.78 Å². The third-order valence-electron chi connectivity index (χ3n) is 2.37. The smallest absolute Gasteiger partial charge is 0.160 e. The lowest BCUT2D eigenvalue weighted by atomic mass is 9.93. The molecule has 0 unspecified atom stereocenters. The minimum absolute atomic E-state index is 0.0526. The quantitative estimate of drug-likeness (QED) is 0.731. The number of carbonyl (C=O) groups is 1. The Hall–Kier alpha value is -1.31. The summed E-state index contributed by atoms with van der Waals surface area (Å²) in [7, 11) is 0. The van der Waals surface area contributed by atoms with Crippen molar-refractivity contribution in [3.63, 3.8) is 0 Å². The van der Waals surface area contributed by atoms with Crippen molar-refractivity contribution in [2.45, 2.75) is 33.6 Å². The van der Waals surface area contributed by atoms with Crippen molar-refractivity contribution < 1.29 is 9.90 Å². The predicted octanol–water partition coefficient (Wildman–Crippen LogP) is 3.03. The second-order valence-electron chi connectivity index (χ2n) is 3.94. The molecule has 0 saturated heterocycles. The van der Waals surface area contributed by atoms with Crippen molar-refractivity contribution in [1.29, 1.82) is 0 Å². The van der Waals surface area contributed by atoms with Crippen LogP contribution in [0.1, 0.15) is 48.2 Å². The van der Waals surface area contributed by atoms with Gasteiger partial charge in [-0.15, -0.1) is 0 Å². The Balaban J connectivity index is 3.39. The molecule has 0 aromatic heterocycles. The number of rotatable bonds is 2. The topological polar surface area (TPSA) is 37.3 Å². The lowest BCUT2D eigenvalue weighted by molar-refractivity contribution is 0.101. The van der Waals surface area contributed by atoms with Crippen LogP contribution in [0.4, 0.5) is 0 Å². The highest BCUT2D eigenvalue weighted by Gasteiger charge is 2.12. The molecule has 1 N–H and O–H groups in total. The zero-order valence-corrected chi connectivity index (χ0v) is 9.09. The third-order valence-corrected chi connectivity index (χ3v) is 2.37. The summed E-state index contributed by atoms with van der Waals surface area (Å²) < 4.78 is 0. The van der Waals surface area contributed by atoms with E-state index in [1.165, 1.54) is 0 Å². The first-order valence-electron chi connectivity index (χ1n) is 4.78. The van der Waals surface area contributed by atoms with Crippen LogP contribution in [-0.2, 0) is 0 Å². The number of hydrogen-bond donors (Lipinski definition) is 1. The number of carbonyl (C=O) groups excluding carboxylic acids is 1. The van der Waals surface area contributed by atoms with E-state index in [1.807, 2.05) is 13.8 Å². The summed E-state index contributed by atoms with van der Waals surface area (Å²) in [5.74, 6) is 0.566. The number of phenolic OH excluding ortho intramolecular Hbond substituents is 1. The van der Waals surface area contributed by atoms with Gasteiger partial charge in [0.15, 0.2) is 5.78 Å². The average Bonchev–Trinajstić information content (AvgIpc) is 2.08. The Morgan fingerprint density at radius 1 is 1.36 bits per heavy atom. The number of aromatic hydroxyl groups is 1. The van der Waals surface area contributed by atoms with Crippen LogP contribution in [0, 0.1) is 6.92 Å². The van der Waals surface area contributed by atoms with E-state index < -0.39 is 0 Å². The van der Waals surface area contributed by atoms with Crippen LogP contribution in [0.3, 0.4) is 0 Å². The van der Waals surface area contributed by atoms with Crippen LogP contribution in [0.5, 0.6) is 5.75 Å². The molecular formula is C12H16O2. The van der Waals surface area contributed by atoms with Gasteiger partial charge in [-0.2, -0.15) is 0 Å². The SMILES string of the molecule is CC(=O)c1cc(C)c(O)cc1C(C)C. The third kappa shape index (κ3) is 1.95. The number of benzene rings is 1. The van der Waals surface area contributed by atoms with Gasteiger partial charge < -0.3 is 5.11 Å². The molecule has 14 heavy (non-hydrogen) atoms. The number of ketones is 1. The molecule has 0 radical (unpaired) electrons. The van der Waals surface area contributed by atoms with Crippen LogP contribution in [0.2, 0.25) is 0 Å². The Kier molecular flexibility index (Phi) is 2.94. The molecule has 0 bridgehead atoms. The van der Waals surface area contributed by atoms with E-state index >= 15 is 0 Å². The molecule has 0 aliphatic rings. The van der Waals surface area contributed by atoms with Gasteiger partial charge in [0.2, 0.25) is 0 Å². The molecule has 2 heteroatoms. The molecule has 1 rings (SSSR count). The fourth-order valence-corrected chi connectivity index (χ4v) is 1.50. The van der Waals surface area contributed by atoms with Crippen molar-refractivity contribution in [1.82, 2.24) is 0 Å². The first-order chi connectivity index (χ1) is 6.43. The molecule has 0 aliphatic heterocycles. The molecule has 76 valence electrons. The molecule has 0 spiro atoms. The molecule has 0 fully saturated rings. The maximum absolute atomic E-state index is 11.4.